The van der Waals surface area contributed by atoms with E-state index in [4.69, 9.17) is 33.3 Å². The van der Waals surface area contributed by atoms with E-state index < -0.39 is 5.97 Å². The number of imidazole rings is 1. The number of carboxylic acids is 1. The molecule has 2 aromatic heterocycles. The number of benzene rings is 3. The molecule has 0 spiro atoms. The van der Waals surface area contributed by atoms with Gasteiger partial charge in [-0.15, -0.1) is 11.3 Å². The number of aromatic nitrogens is 2. The van der Waals surface area contributed by atoms with Gasteiger partial charge in [-0.2, -0.15) is 0 Å². The topological polar surface area (TPSA) is 84.2 Å². The molecule has 206 valence electrons. The largest absolute Gasteiger partial charge is 0.480 e. The minimum atomic E-state index is -0.916. The molecule has 2 N–H and O–H groups in total. The lowest BCUT2D eigenvalue weighted by Gasteiger charge is -2.08. The highest BCUT2D eigenvalue weighted by atomic mass is 35.5. The monoisotopic (exact) mass is 601 g/mol. The molecule has 3 aromatic carbocycles. The number of anilines is 1. The number of nitrogens with one attached hydrogen (secondary N) is 1. The summed E-state index contributed by atoms with van der Waals surface area (Å²) in [6, 6.07) is 24.9. The van der Waals surface area contributed by atoms with Gasteiger partial charge in [-0.3, -0.25) is 9.59 Å². The first kappa shape index (κ1) is 28.4. The Labute approximate surface area is 251 Å². The van der Waals surface area contributed by atoms with Crippen molar-refractivity contribution in [2.75, 3.05) is 11.9 Å². The lowest BCUT2D eigenvalue weighted by molar-refractivity contribution is -0.134. The third-order valence-electron chi connectivity index (χ3n) is 6.34. The van der Waals surface area contributed by atoms with Gasteiger partial charge in [-0.25, -0.2) is 4.98 Å². The van der Waals surface area contributed by atoms with Crippen molar-refractivity contribution in [2.24, 2.45) is 0 Å². The van der Waals surface area contributed by atoms with Crippen LogP contribution < -0.4 is 5.32 Å². The maximum absolute atomic E-state index is 11.7. The van der Waals surface area contributed by atoms with Gasteiger partial charge in [-0.1, -0.05) is 65.7 Å². The van der Waals surface area contributed by atoms with Crippen LogP contribution in [-0.4, -0.2) is 33.0 Å². The molecule has 0 aliphatic heterocycles. The lowest BCUT2D eigenvalue weighted by atomic mass is 10.1. The van der Waals surface area contributed by atoms with E-state index in [-0.39, 0.29) is 12.3 Å². The summed E-state index contributed by atoms with van der Waals surface area (Å²) < 4.78 is 2.04. The van der Waals surface area contributed by atoms with E-state index in [1.807, 2.05) is 89.6 Å². The van der Waals surface area contributed by atoms with Crippen LogP contribution in [0.4, 0.5) is 5.69 Å². The molecule has 0 atom stereocenters. The van der Waals surface area contributed by atoms with Crippen molar-refractivity contribution in [3.8, 4) is 21.7 Å². The molecule has 0 amide bonds. The van der Waals surface area contributed by atoms with Gasteiger partial charge in [0, 0.05) is 33.9 Å². The van der Waals surface area contributed by atoms with Gasteiger partial charge in [0.2, 0.25) is 0 Å². The first-order valence-electron chi connectivity index (χ1n) is 12.7. The minimum Gasteiger partial charge on any atom is -0.480 e. The second-order valence-corrected chi connectivity index (χ2v) is 11.3. The smallest absolute Gasteiger partial charge is 0.322 e. The summed E-state index contributed by atoms with van der Waals surface area (Å²) in [5.74, 6) is -0.102. The summed E-state index contributed by atoms with van der Waals surface area (Å²) >= 11 is 14.1. The van der Waals surface area contributed by atoms with Crippen LogP contribution in [0.1, 0.15) is 33.5 Å². The van der Waals surface area contributed by atoms with Gasteiger partial charge >= 0.3 is 5.97 Å². The first-order valence-corrected chi connectivity index (χ1v) is 14.3. The first-order chi connectivity index (χ1) is 19.7. The Morgan fingerprint density at radius 1 is 0.976 bits per heavy atom. The Morgan fingerprint density at radius 2 is 1.73 bits per heavy atom. The number of halogens is 2. The summed E-state index contributed by atoms with van der Waals surface area (Å²) in [6.07, 6.45) is 5.92. The molecule has 2 heterocycles. The standard InChI is InChI=1S/C32H25Cl2N3O3S/c1-20(38)29-13-14-30(41-29)23-7-2-21(3-8-23)6-15-31-36-28(26-12-9-24(33)16-27(26)34)19-37(31)18-22-4-10-25(11-5-22)35-17-32(39)40/h2-16,19,35H,17-18H2,1H3,(H,39,40). The summed E-state index contributed by atoms with van der Waals surface area (Å²) in [6.45, 7) is 1.98. The Hall–Kier alpha value is -4.17. The number of aliphatic carboxylic acids is 1. The SMILES string of the molecule is CC(=O)c1ccc(-c2ccc(C=Cc3nc(-c4ccc(Cl)cc4Cl)cn3Cc3ccc(NCC(=O)O)cc3)cc2)s1. The van der Waals surface area contributed by atoms with E-state index in [9.17, 15) is 9.59 Å². The fourth-order valence-electron chi connectivity index (χ4n) is 4.23. The number of nitrogens with zero attached hydrogens (tertiary/aromatic N) is 2. The molecule has 0 saturated carbocycles. The molecule has 0 bridgehead atoms. The normalized spacial score (nSPS) is 11.2. The zero-order chi connectivity index (χ0) is 28.9. The summed E-state index contributed by atoms with van der Waals surface area (Å²) in [5, 5.41) is 12.8. The van der Waals surface area contributed by atoms with E-state index in [1.165, 1.54) is 11.3 Å². The fourth-order valence-corrected chi connectivity index (χ4v) is 5.64. The van der Waals surface area contributed by atoms with Crippen LogP contribution in [0.2, 0.25) is 10.0 Å². The fraction of sp³-hybridized carbons (Fsp3) is 0.0938. The molecule has 41 heavy (non-hydrogen) atoms. The molecule has 5 aromatic rings. The van der Waals surface area contributed by atoms with Crippen molar-refractivity contribution < 1.29 is 14.7 Å². The number of hydrogen-bond acceptors (Lipinski definition) is 5. The Bertz CT molecular complexity index is 1740. The van der Waals surface area contributed by atoms with Gasteiger partial charge in [0.25, 0.3) is 0 Å². The van der Waals surface area contributed by atoms with Crippen LogP contribution in [0.15, 0.2) is 85.1 Å². The van der Waals surface area contributed by atoms with E-state index in [0.717, 1.165) is 49.2 Å². The van der Waals surface area contributed by atoms with Crippen molar-refractivity contribution in [2.45, 2.75) is 13.5 Å². The maximum atomic E-state index is 11.7. The van der Waals surface area contributed by atoms with Crippen molar-refractivity contribution in [1.82, 2.24) is 9.55 Å². The highest BCUT2D eigenvalue weighted by molar-refractivity contribution is 7.17. The predicted octanol–water partition coefficient (Wildman–Crippen LogP) is 8.50. The average molecular weight is 603 g/mol. The molecule has 6 nitrogen and oxygen atoms in total. The predicted molar refractivity (Wildman–Crippen MR) is 168 cm³/mol. The molecule has 9 heteroatoms. The number of carbonyl (C=O) groups excluding carboxylic acids is 1. The maximum Gasteiger partial charge on any atom is 0.322 e. The lowest BCUT2D eigenvalue weighted by Crippen LogP contribution is -2.12. The average Bonchev–Trinajstić information content (AvgIpc) is 3.60. The number of carboxylic acid groups (broad SMARTS) is 1. The number of thiophene rings is 1. The molecule has 0 saturated heterocycles. The van der Waals surface area contributed by atoms with Gasteiger partial charge in [-0.05, 0) is 72.2 Å². The molecular formula is C32H25Cl2N3O3S. The van der Waals surface area contributed by atoms with Gasteiger partial charge in [0.1, 0.15) is 12.4 Å². The second kappa shape index (κ2) is 12.6. The van der Waals surface area contributed by atoms with Crippen molar-refractivity contribution >= 4 is 64.1 Å². The van der Waals surface area contributed by atoms with Gasteiger partial charge in [0.05, 0.1) is 15.6 Å². The Morgan fingerprint density at radius 3 is 2.39 bits per heavy atom. The van der Waals surface area contributed by atoms with Crippen molar-refractivity contribution in [3.63, 3.8) is 0 Å². The van der Waals surface area contributed by atoms with Crippen LogP contribution in [0, 0.1) is 0 Å². The van der Waals surface area contributed by atoms with Crippen LogP contribution in [0.3, 0.4) is 0 Å². The number of rotatable bonds is 10. The van der Waals surface area contributed by atoms with E-state index in [2.05, 4.69) is 5.32 Å². The number of Topliss-reactive ketones (excluding diaryl/α,β-unsaturated/α-hetero) is 1. The Kier molecular flexibility index (Phi) is 8.69. The number of carbonyl (C=O) groups is 2. The van der Waals surface area contributed by atoms with Crippen LogP contribution >= 0.6 is 34.5 Å². The van der Waals surface area contributed by atoms with E-state index in [1.54, 1.807) is 19.1 Å². The zero-order valence-corrected chi connectivity index (χ0v) is 24.3. The zero-order valence-electron chi connectivity index (χ0n) is 22.0. The van der Waals surface area contributed by atoms with E-state index in [0.29, 0.717) is 16.6 Å². The summed E-state index contributed by atoms with van der Waals surface area (Å²) in [7, 11) is 0. The number of hydrogen-bond donors (Lipinski definition) is 2. The third kappa shape index (κ3) is 7.13. The molecule has 0 unspecified atom stereocenters. The second-order valence-electron chi connectivity index (χ2n) is 9.36. The third-order valence-corrected chi connectivity index (χ3v) is 8.12. The molecule has 0 aliphatic carbocycles. The highest BCUT2D eigenvalue weighted by Gasteiger charge is 2.12. The molecular weight excluding hydrogens is 577 g/mol. The number of ketones is 1. The molecule has 5 rings (SSSR count). The van der Waals surface area contributed by atoms with Crippen molar-refractivity contribution in [3.05, 3.63) is 117 Å². The van der Waals surface area contributed by atoms with Crippen LogP contribution in [0.25, 0.3) is 33.9 Å². The summed E-state index contributed by atoms with van der Waals surface area (Å²) in [5.41, 5.74) is 5.33. The van der Waals surface area contributed by atoms with Gasteiger partial charge in [0.15, 0.2) is 5.78 Å². The molecule has 0 radical (unpaired) electrons. The van der Waals surface area contributed by atoms with Crippen molar-refractivity contribution in [1.29, 1.82) is 0 Å². The molecule has 0 aliphatic rings. The minimum absolute atomic E-state index is 0.0707. The summed E-state index contributed by atoms with van der Waals surface area (Å²) in [4.78, 5) is 29.2. The van der Waals surface area contributed by atoms with Crippen LogP contribution in [0.5, 0.6) is 0 Å². The molecule has 0 fully saturated rings. The highest BCUT2D eigenvalue weighted by Crippen LogP contribution is 2.31. The van der Waals surface area contributed by atoms with E-state index >= 15 is 0 Å². The Balaban J connectivity index is 1.41. The quantitative estimate of drug-likeness (QED) is 0.157. The van der Waals surface area contributed by atoms with Gasteiger partial charge < -0.3 is 15.0 Å². The van der Waals surface area contributed by atoms with Crippen LogP contribution in [-0.2, 0) is 11.3 Å².